The first-order chi connectivity index (χ1) is 15.7. The molecule has 2 saturated heterocycles. The van der Waals surface area contributed by atoms with Crippen molar-refractivity contribution >= 4 is 35.6 Å². The van der Waals surface area contributed by atoms with Gasteiger partial charge in [-0.3, -0.25) is 4.90 Å². The van der Waals surface area contributed by atoms with Gasteiger partial charge >= 0.3 is 0 Å². The maximum atomic E-state index is 5.53. The molecule has 0 spiro atoms. The van der Waals surface area contributed by atoms with Crippen molar-refractivity contribution in [3.05, 3.63) is 65.7 Å². The number of nitrogens with one attached hydrogen (secondary N) is 2. The summed E-state index contributed by atoms with van der Waals surface area (Å²) in [7, 11) is 0. The van der Waals surface area contributed by atoms with Crippen LogP contribution in [0.25, 0.3) is 0 Å². The zero-order chi connectivity index (χ0) is 22.2. The number of morpholine rings is 1. The SMILES string of the molecule is CCNC(=NCc1ccccc1N1CCOCC1)NC1CC(C)N(Cc2ccccc2)C1.I. The summed E-state index contributed by atoms with van der Waals surface area (Å²) >= 11 is 0. The smallest absolute Gasteiger partial charge is 0.191 e. The Morgan fingerprint density at radius 1 is 1.06 bits per heavy atom. The van der Waals surface area contributed by atoms with E-state index in [2.05, 4.69) is 88.9 Å². The molecule has 0 radical (unpaired) electrons. The average molecular weight is 564 g/mol. The van der Waals surface area contributed by atoms with Gasteiger partial charge in [-0.2, -0.15) is 0 Å². The first kappa shape index (κ1) is 25.8. The van der Waals surface area contributed by atoms with Gasteiger partial charge in [0.2, 0.25) is 0 Å². The van der Waals surface area contributed by atoms with E-state index in [1.165, 1.54) is 16.8 Å². The molecule has 33 heavy (non-hydrogen) atoms. The molecule has 6 nitrogen and oxygen atoms in total. The molecule has 2 aromatic carbocycles. The molecule has 2 aliphatic rings. The van der Waals surface area contributed by atoms with Gasteiger partial charge in [-0.1, -0.05) is 48.5 Å². The van der Waals surface area contributed by atoms with Crippen molar-refractivity contribution < 1.29 is 4.74 Å². The molecule has 2 aromatic rings. The molecule has 2 atom stereocenters. The van der Waals surface area contributed by atoms with Crippen LogP contribution < -0.4 is 15.5 Å². The van der Waals surface area contributed by atoms with Gasteiger partial charge in [-0.05, 0) is 37.5 Å². The molecule has 2 N–H and O–H groups in total. The Bertz CT molecular complexity index is 872. The van der Waals surface area contributed by atoms with E-state index in [4.69, 9.17) is 9.73 Å². The predicted octanol–water partition coefficient (Wildman–Crippen LogP) is 3.86. The molecule has 2 fully saturated rings. The molecule has 7 heteroatoms. The molecular formula is C26H38IN5O. The summed E-state index contributed by atoms with van der Waals surface area (Å²) < 4.78 is 5.53. The van der Waals surface area contributed by atoms with Crippen molar-refractivity contribution in [1.29, 1.82) is 0 Å². The Hall–Kier alpha value is -1.84. The van der Waals surface area contributed by atoms with Crippen LogP contribution in [-0.4, -0.2) is 62.3 Å². The van der Waals surface area contributed by atoms with E-state index in [0.29, 0.717) is 18.6 Å². The Morgan fingerprint density at radius 2 is 1.79 bits per heavy atom. The maximum absolute atomic E-state index is 5.53. The third kappa shape index (κ3) is 7.32. The average Bonchev–Trinajstić information content (AvgIpc) is 3.17. The second-order valence-corrected chi connectivity index (χ2v) is 8.76. The van der Waals surface area contributed by atoms with Gasteiger partial charge in [0.05, 0.1) is 19.8 Å². The van der Waals surface area contributed by atoms with Gasteiger partial charge in [0.25, 0.3) is 0 Å². The Balaban J connectivity index is 0.00000306. The van der Waals surface area contributed by atoms with Gasteiger partial charge in [-0.15, -0.1) is 24.0 Å². The fourth-order valence-electron chi connectivity index (χ4n) is 4.68. The van der Waals surface area contributed by atoms with Crippen LogP contribution in [0.3, 0.4) is 0 Å². The topological polar surface area (TPSA) is 52.1 Å². The first-order valence-corrected chi connectivity index (χ1v) is 12.0. The Morgan fingerprint density at radius 3 is 2.55 bits per heavy atom. The number of anilines is 1. The summed E-state index contributed by atoms with van der Waals surface area (Å²) in [5.41, 5.74) is 3.91. The van der Waals surface area contributed by atoms with Crippen LogP contribution in [0.1, 0.15) is 31.4 Å². The summed E-state index contributed by atoms with van der Waals surface area (Å²) in [6, 6.07) is 20.3. The van der Waals surface area contributed by atoms with Gasteiger partial charge in [0.15, 0.2) is 5.96 Å². The molecule has 0 amide bonds. The molecule has 180 valence electrons. The van der Waals surface area contributed by atoms with Gasteiger partial charge in [-0.25, -0.2) is 4.99 Å². The van der Waals surface area contributed by atoms with Crippen LogP contribution in [-0.2, 0) is 17.8 Å². The zero-order valence-corrected chi connectivity index (χ0v) is 22.2. The van der Waals surface area contributed by atoms with Gasteiger partial charge < -0.3 is 20.3 Å². The highest BCUT2D eigenvalue weighted by Gasteiger charge is 2.29. The van der Waals surface area contributed by atoms with Crippen LogP contribution in [0.2, 0.25) is 0 Å². The minimum absolute atomic E-state index is 0. The molecule has 4 rings (SSSR count). The molecule has 2 aliphatic heterocycles. The molecule has 0 aromatic heterocycles. The summed E-state index contributed by atoms with van der Waals surface area (Å²) in [6.45, 7) is 11.5. The van der Waals surface area contributed by atoms with Crippen molar-refractivity contribution in [3.63, 3.8) is 0 Å². The number of aliphatic imine (C=N–C) groups is 1. The second-order valence-electron chi connectivity index (χ2n) is 8.76. The van der Waals surface area contributed by atoms with Crippen LogP contribution in [0, 0.1) is 0 Å². The van der Waals surface area contributed by atoms with E-state index in [-0.39, 0.29) is 24.0 Å². The Kier molecular flexibility index (Phi) is 10.3. The number of para-hydroxylation sites is 1. The normalized spacial score (nSPS) is 21.5. The number of likely N-dealkylation sites (tertiary alicyclic amines) is 1. The number of rotatable bonds is 7. The Labute approximate surface area is 215 Å². The van der Waals surface area contributed by atoms with E-state index in [0.717, 1.165) is 58.3 Å². The van der Waals surface area contributed by atoms with Crippen molar-refractivity contribution in [1.82, 2.24) is 15.5 Å². The van der Waals surface area contributed by atoms with E-state index in [1.54, 1.807) is 0 Å². The molecule has 0 saturated carbocycles. The summed E-state index contributed by atoms with van der Waals surface area (Å²) in [4.78, 5) is 9.93. The lowest BCUT2D eigenvalue weighted by molar-refractivity contribution is 0.122. The van der Waals surface area contributed by atoms with Crippen LogP contribution in [0.5, 0.6) is 0 Å². The number of hydrogen-bond donors (Lipinski definition) is 2. The van der Waals surface area contributed by atoms with Crippen molar-refractivity contribution in [2.45, 2.75) is 45.4 Å². The highest BCUT2D eigenvalue weighted by Crippen LogP contribution is 2.23. The molecule has 2 unspecified atom stereocenters. The number of nitrogens with zero attached hydrogens (tertiary/aromatic N) is 3. The van der Waals surface area contributed by atoms with E-state index in [1.807, 2.05) is 0 Å². The molecular weight excluding hydrogens is 525 g/mol. The number of hydrogen-bond acceptors (Lipinski definition) is 4. The first-order valence-electron chi connectivity index (χ1n) is 12.0. The van der Waals surface area contributed by atoms with Gasteiger partial charge in [0.1, 0.15) is 0 Å². The number of ether oxygens (including phenoxy) is 1. The third-order valence-corrected chi connectivity index (χ3v) is 6.37. The van der Waals surface area contributed by atoms with Crippen LogP contribution in [0.15, 0.2) is 59.6 Å². The van der Waals surface area contributed by atoms with Crippen molar-refractivity contribution in [2.24, 2.45) is 4.99 Å². The summed E-state index contributed by atoms with van der Waals surface area (Å²) in [5.74, 6) is 0.906. The van der Waals surface area contributed by atoms with Crippen LogP contribution >= 0.6 is 24.0 Å². The highest BCUT2D eigenvalue weighted by atomic mass is 127. The fraction of sp³-hybridized carbons (Fsp3) is 0.500. The minimum Gasteiger partial charge on any atom is -0.378 e. The number of benzene rings is 2. The number of guanidine groups is 1. The highest BCUT2D eigenvalue weighted by molar-refractivity contribution is 14.0. The quantitative estimate of drug-likeness (QED) is 0.305. The fourth-order valence-corrected chi connectivity index (χ4v) is 4.68. The van der Waals surface area contributed by atoms with Gasteiger partial charge in [0, 0.05) is 50.5 Å². The summed E-state index contributed by atoms with van der Waals surface area (Å²) in [5, 5.41) is 7.14. The largest absolute Gasteiger partial charge is 0.378 e. The summed E-state index contributed by atoms with van der Waals surface area (Å²) in [6.07, 6.45) is 1.13. The predicted molar refractivity (Wildman–Crippen MR) is 148 cm³/mol. The van der Waals surface area contributed by atoms with Crippen molar-refractivity contribution in [2.75, 3.05) is 44.3 Å². The van der Waals surface area contributed by atoms with Crippen molar-refractivity contribution in [3.8, 4) is 0 Å². The molecule has 2 heterocycles. The molecule has 0 aliphatic carbocycles. The number of halogens is 1. The monoisotopic (exact) mass is 563 g/mol. The lowest BCUT2D eigenvalue weighted by Crippen LogP contribution is -2.44. The van der Waals surface area contributed by atoms with Crippen LogP contribution in [0.4, 0.5) is 5.69 Å². The lowest BCUT2D eigenvalue weighted by Gasteiger charge is -2.30. The standard InChI is InChI=1S/C26H37N5O.HI/c1-3-27-26(28-18-23-11-7-8-12-25(23)30-13-15-32-16-14-30)29-24-17-21(2)31(20-24)19-22-9-5-4-6-10-22;/h4-12,21,24H,3,13-20H2,1-2H3,(H2,27,28,29);1H. The lowest BCUT2D eigenvalue weighted by atomic mass is 10.1. The second kappa shape index (κ2) is 13.2. The minimum atomic E-state index is 0. The maximum Gasteiger partial charge on any atom is 0.191 e. The third-order valence-electron chi connectivity index (χ3n) is 6.37. The van der Waals surface area contributed by atoms with E-state index >= 15 is 0 Å². The zero-order valence-electron chi connectivity index (χ0n) is 19.9. The van der Waals surface area contributed by atoms with E-state index in [9.17, 15) is 0 Å². The molecule has 0 bridgehead atoms. The van der Waals surface area contributed by atoms with E-state index < -0.39 is 0 Å².